The van der Waals surface area contributed by atoms with Crippen LogP contribution >= 0.6 is 35.6 Å². The lowest BCUT2D eigenvalue weighted by Crippen LogP contribution is -2.12. The Hall–Kier alpha value is -1.97. The molecule has 1 N–H and O–H groups in total. The summed E-state index contributed by atoms with van der Waals surface area (Å²) in [6, 6.07) is 24.6. The zero-order valence-electron chi connectivity index (χ0n) is 15.2. The third kappa shape index (κ3) is 4.71. The molecule has 0 aliphatic heterocycles. The number of hydrogen-bond acceptors (Lipinski definition) is 1. The van der Waals surface area contributed by atoms with E-state index in [2.05, 4.69) is 64.6 Å². The Morgan fingerprint density at radius 3 is 2.32 bits per heavy atom. The largest absolute Gasteiger partial charge is 0.343 e. The summed E-state index contributed by atoms with van der Waals surface area (Å²) in [6.45, 7) is 2.38. The molecule has 0 amide bonds. The minimum Gasteiger partial charge on any atom is -0.343 e. The molecule has 144 valence electrons. The van der Waals surface area contributed by atoms with Gasteiger partial charge in [0.2, 0.25) is 0 Å². The van der Waals surface area contributed by atoms with Gasteiger partial charge >= 0.3 is 0 Å². The maximum absolute atomic E-state index is 6.38. The van der Waals surface area contributed by atoms with E-state index in [9.17, 15) is 0 Å². The predicted molar refractivity (Wildman–Crippen MR) is 122 cm³/mol. The highest BCUT2D eigenvalue weighted by Crippen LogP contribution is 2.26. The molecule has 0 saturated heterocycles. The molecule has 0 spiro atoms. The first-order chi connectivity index (χ1) is 13.2. The maximum Gasteiger partial charge on any atom is 0.0491 e. The second-order valence-corrected chi connectivity index (χ2v) is 7.47. The zero-order valence-corrected chi connectivity index (χ0v) is 17.6. The minimum atomic E-state index is 0. The van der Waals surface area contributed by atoms with Crippen molar-refractivity contribution >= 4 is 46.5 Å². The van der Waals surface area contributed by atoms with Crippen molar-refractivity contribution in [1.29, 1.82) is 0 Å². The van der Waals surface area contributed by atoms with E-state index in [1.54, 1.807) is 6.07 Å². The summed E-state index contributed by atoms with van der Waals surface area (Å²) < 4.78 is 2.25. The van der Waals surface area contributed by atoms with E-state index >= 15 is 0 Å². The van der Waals surface area contributed by atoms with Crippen LogP contribution in [-0.4, -0.2) is 4.57 Å². The van der Waals surface area contributed by atoms with Gasteiger partial charge in [0, 0.05) is 46.8 Å². The van der Waals surface area contributed by atoms with Crippen LogP contribution in [0, 0.1) is 0 Å². The van der Waals surface area contributed by atoms with Gasteiger partial charge in [-0.2, -0.15) is 0 Å². The molecule has 1 aromatic heterocycles. The van der Waals surface area contributed by atoms with E-state index in [4.69, 9.17) is 23.2 Å². The monoisotopic (exact) mass is 430 g/mol. The van der Waals surface area contributed by atoms with Gasteiger partial charge in [0.1, 0.15) is 0 Å². The fraction of sp³-hybridized carbons (Fsp3) is 0.130. The van der Waals surface area contributed by atoms with Gasteiger partial charge in [-0.25, -0.2) is 0 Å². The van der Waals surface area contributed by atoms with E-state index in [1.165, 1.54) is 22.0 Å². The highest BCUT2D eigenvalue weighted by atomic mass is 35.5. The SMILES string of the molecule is Cl.Clc1ccc(Cn2cc(CNCc3ccccc3)c3ccccc32)c(Cl)c1. The molecular weight excluding hydrogens is 411 g/mol. The van der Waals surface area contributed by atoms with Gasteiger partial charge in [-0.3, -0.25) is 0 Å². The van der Waals surface area contributed by atoms with Gasteiger partial charge < -0.3 is 9.88 Å². The van der Waals surface area contributed by atoms with Crippen molar-refractivity contribution in [1.82, 2.24) is 9.88 Å². The number of fused-ring (bicyclic) bond motifs is 1. The Morgan fingerprint density at radius 2 is 1.54 bits per heavy atom. The summed E-state index contributed by atoms with van der Waals surface area (Å²) in [4.78, 5) is 0. The first-order valence-electron chi connectivity index (χ1n) is 8.96. The average molecular weight is 432 g/mol. The van der Waals surface area contributed by atoms with Crippen LogP contribution in [0.3, 0.4) is 0 Å². The van der Waals surface area contributed by atoms with E-state index in [1.807, 2.05) is 18.2 Å². The quantitative estimate of drug-likeness (QED) is 0.359. The van der Waals surface area contributed by atoms with Gasteiger partial charge in [0.25, 0.3) is 0 Å². The number of benzene rings is 3. The van der Waals surface area contributed by atoms with Crippen LogP contribution in [0.2, 0.25) is 10.0 Å². The van der Waals surface area contributed by atoms with Crippen molar-refractivity contribution in [3.05, 3.63) is 106 Å². The van der Waals surface area contributed by atoms with E-state index in [-0.39, 0.29) is 12.4 Å². The Bertz CT molecular complexity index is 1060. The molecule has 3 aromatic carbocycles. The van der Waals surface area contributed by atoms with Crippen LogP contribution in [0.15, 0.2) is 79.0 Å². The summed E-state index contributed by atoms with van der Waals surface area (Å²) in [5, 5.41) is 6.17. The fourth-order valence-corrected chi connectivity index (χ4v) is 3.83. The molecule has 4 rings (SSSR count). The summed E-state index contributed by atoms with van der Waals surface area (Å²) in [5.41, 5.74) is 4.84. The number of rotatable bonds is 6. The zero-order chi connectivity index (χ0) is 18.6. The Labute approximate surface area is 181 Å². The molecule has 0 bridgehead atoms. The Balaban J connectivity index is 0.00000225. The number of hydrogen-bond donors (Lipinski definition) is 1. The van der Waals surface area contributed by atoms with Gasteiger partial charge in [-0.15, -0.1) is 12.4 Å². The number of nitrogens with zero attached hydrogens (tertiary/aromatic N) is 1. The number of nitrogens with one attached hydrogen (secondary N) is 1. The van der Waals surface area contributed by atoms with Gasteiger partial charge in [-0.1, -0.05) is 77.8 Å². The van der Waals surface area contributed by atoms with Crippen molar-refractivity contribution in [2.75, 3.05) is 0 Å². The average Bonchev–Trinajstić information content (AvgIpc) is 3.03. The van der Waals surface area contributed by atoms with E-state index in [0.717, 1.165) is 25.2 Å². The molecule has 0 unspecified atom stereocenters. The molecule has 0 radical (unpaired) electrons. The Kier molecular flexibility index (Phi) is 7.03. The lowest BCUT2D eigenvalue weighted by atomic mass is 10.1. The molecule has 4 aromatic rings. The number of halogens is 3. The van der Waals surface area contributed by atoms with Crippen LogP contribution in [0.4, 0.5) is 0 Å². The standard InChI is InChI=1S/C23H20Cl2N2.ClH/c24-20-11-10-18(22(25)12-20)15-27-16-19(21-8-4-5-9-23(21)27)14-26-13-17-6-2-1-3-7-17;/h1-12,16,26H,13-15H2;1H. The molecule has 0 aliphatic rings. The van der Waals surface area contributed by atoms with Gasteiger partial charge in [0.15, 0.2) is 0 Å². The summed E-state index contributed by atoms with van der Waals surface area (Å²) in [7, 11) is 0. The number of aromatic nitrogens is 1. The van der Waals surface area contributed by atoms with Crippen molar-refractivity contribution in [3.63, 3.8) is 0 Å². The Morgan fingerprint density at radius 1 is 0.786 bits per heavy atom. The third-order valence-electron chi connectivity index (χ3n) is 4.71. The second kappa shape index (κ2) is 9.49. The van der Waals surface area contributed by atoms with Crippen LogP contribution < -0.4 is 5.32 Å². The molecular formula is C23H21Cl3N2. The van der Waals surface area contributed by atoms with Crippen LogP contribution in [0.1, 0.15) is 16.7 Å². The second-order valence-electron chi connectivity index (χ2n) is 6.62. The number of para-hydroxylation sites is 1. The molecule has 0 aliphatic carbocycles. The molecule has 5 heteroatoms. The molecule has 0 fully saturated rings. The molecule has 1 heterocycles. The lowest BCUT2D eigenvalue weighted by Gasteiger charge is -2.08. The normalized spacial score (nSPS) is 10.8. The predicted octanol–water partition coefficient (Wildman–Crippen LogP) is 6.71. The molecule has 2 nitrogen and oxygen atoms in total. The summed E-state index contributed by atoms with van der Waals surface area (Å²) >= 11 is 12.4. The topological polar surface area (TPSA) is 17.0 Å². The summed E-state index contributed by atoms with van der Waals surface area (Å²) in [5.74, 6) is 0. The van der Waals surface area contributed by atoms with Crippen molar-refractivity contribution in [3.8, 4) is 0 Å². The first-order valence-corrected chi connectivity index (χ1v) is 9.71. The van der Waals surface area contributed by atoms with Crippen LogP contribution in [0.5, 0.6) is 0 Å². The molecule has 0 atom stereocenters. The van der Waals surface area contributed by atoms with Gasteiger partial charge in [0.05, 0.1) is 0 Å². The van der Waals surface area contributed by atoms with Gasteiger partial charge in [-0.05, 0) is 34.9 Å². The highest BCUT2D eigenvalue weighted by molar-refractivity contribution is 6.35. The molecule has 0 saturated carbocycles. The van der Waals surface area contributed by atoms with E-state index in [0.29, 0.717) is 10.0 Å². The van der Waals surface area contributed by atoms with Crippen molar-refractivity contribution in [2.45, 2.75) is 19.6 Å². The highest BCUT2D eigenvalue weighted by Gasteiger charge is 2.10. The lowest BCUT2D eigenvalue weighted by molar-refractivity contribution is 0.692. The first kappa shape index (κ1) is 20.8. The third-order valence-corrected chi connectivity index (χ3v) is 5.30. The van der Waals surface area contributed by atoms with Crippen molar-refractivity contribution < 1.29 is 0 Å². The fourth-order valence-electron chi connectivity index (χ4n) is 3.37. The minimum absolute atomic E-state index is 0. The molecule has 28 heavy (non-hydrogen) atoms. The summed E-state index contributed by atoms with van der Waals surface area (Å²) in [6.07, 6.45) is 2.22. The van der Waals surface area contributed by atoms with E-state index < -0.39 is 0 Å². The maximum atomic E-state index is 6.38. The van der Waals surface area contributed by atoms with Crippen molar-refractivity contribution in [2.24, 2.45) is 0 Å². The smallest absolute Gasteiger partial charge is 0.0491 e. The van der Waals surface area contributed by atoms with Crippen LogP contribution in [-0.2, 0) is 19.6 Å². The van der Waals surface area contributed by atoms with Crippen LogP contribution in [0.25, 0.3) is 10.9 Å².